The van der Waals surface area contributed by atoms with E-state index in [1.807, 2.05) is 0 Å². The maximum atomic E-state index is 14.5. The van der Waals surface area contributed by atoms with E-state index in [0.717, 1.165) is 13.1 Å². The van der Waals surface area contributed by atoms with Crippen LogP contribution >= 0.6 is 0 Å². The molecular weight excluding hydrogens is 340 g/mol. The number of aromatic nitrogens is 2. The first-order chi connectivity index (χ1) is 11.7. The molecule has 0 aliphatic rings. The van der Waals surface area contributed by atoms with E-state index < -0.39 is 46.3 Å². The van der Waals surface area contributed by atoms with Crippen molar-refractivity contribution in [2.75, 3.05) is 5.32 Å². The van der Waals surface area contributed by atoms with Crippen molar-refractivity contribution < 1.29 is 22.4 Å². The lowest BCUT2D eigenvalue weighted by Crippen LogP contribution is -2.17. The molecule has 2 aromatic rings. The Hall–Kier alpha value is -2.89. The molecule has 0 spiro atoms. The first-order valence-electron chi connectivity index (χ1n) is 7.36. The van der Waals surface area contributed by atoms with Gasteiger partial charge in [0.05, 0.1) is 6.20 Å². The fourth-order valence-corrected chi connectivity index (χ4v) is 2.35. The summed E-state index contributed by atoms with van der Waals surface area (Å²) in [7, 11) is 0. The van der Waals surface area contributed by atoms with Gasteiger partial charge in [0.1, 0.15) is 17.3 Å². The molecule has 0 aliphatic carbocycles. The second kappa shape index (κ2) is 6.93. The van der Waals surface area contributed by atoms with Crippen LogP contribution < -0.4 is 5.32 Å². The highest BCUT2D eigenvalue weighted by molar-refractivity contribution is 5.89. The smallest absolute Gasteiger partial charge is 0.222 e. The molecule has 2 rings (SSSR count). The number of anilines is 1. The van der Waals surface area contributed by atoms with E-state index in [0.29, 0.717) is 4.68 Å². The molecule has 1 heterocycles. The number of benzene rings is 1. The molecule has 132 valence electrons. The van der Waals surface area contributed by atoms with E-state index in [4.69, 9.17) is 5.26 Å². The lowest BCUT2D eigenvalue weighted by molar-refractivity contribution is -0.114. The van der Waals surface area contributed by atoms with Crippen molar-refractivity contribution in [3.05, 3.63) is 40.6 Å². The van der Waals surface area contributed by atoms with Gasteiger partial charge in [0, 0.05) is 12.5 Å². The largest absolute Gasteiger partial charge is 0.310 e. The van der Waals surface area contributed by atoms with E-state index in [-0.39, 0.29) is 17.8 Å². The number of rotatable bonds is 4. The van der Waals surface area contributed by atoms with Gasteiger partial charge in [0.25, 0.3) is 0 Å². The molecule has 9 heteroatoms. The zero-order chi connectivity index (χ0) is 18.9. The molecule has 0 aliphatic heterocycles. The van der Waals surface area contributed by atoms with Crippen LogP contribution in [0.2, 0.25) is 0 Å². The number of hydrogen-bond acceptors (Lipinski definition) is 3. The molecule has 1 aromatic heterocycles. The second-order valence-electron chi connectivity index (χ2n) is 5.44. The van der Waals surface area contributed by atoms with Gasteiger partial charge in [-0.2, -0.15) is 10.4 Å². The quantitative estimate of drug-likeness (QED) is 0.671. The molecule has 1 aromatic carbocycles. The zero-order valence-electron chi connectivity index (χ0n) is 13.6. The van der Waals surface area contributed by atoms with Crippen LogP contribution in [-0.2, 0) is 4.79 Å². The summed E-state index contributed by atoms with van der Waals surface area (Å²) in [5, 5.41) is 14.7. The lowest BCUT2D eigenvalue weighted by Gasteiger charge is -2.17. The molecule has 0 saturated heterocycles. The Morgan fingerprint density at radius 2 is 1.84 bits per heavy atom. The molecule has 1 N–H and O–H groups in total. The third-order valence-corrected chi connectivity index (χ3v) is 3.78. The zero-order valence-corrected chi connectivity index (χ0v) is 13.6. The van der Waals surface area contributed by atoms with Gasteiger partial charge in [0.2, 0.25) is 5.91 Å². The van der Waals surface area contributed by atoms with Crippen molar-refractivity contribution in [3.63, 3.8) is 0 Å². The van der Waals surface area contributed by atoms with E-state index in [9.17, 15) is 22.4 Å². The first-order valence-corrected chi connectivity index (χ1v) is 7.36. The van der Waals surface area contributed by atoms with Gasteiger partial charge in [-0.15, -0.1) is 0 Å². The van der Waals surface area contributed by atoms with Crippen LogP contribution in [0, 0.1) is 34.6 Å². The SMILES string of the molecule is CCC(C)c1c(F)c(F)c(-n2ncc(C#N)c2NC(C)=O)c(F)c1F. The van der Waals surface area contributed by atoms with Gasteiger partial charge in [-0.25, -0.2) is 22.2 Å². The topological polar surface area (TPSA) is 70.7 Å². The van der Waals surface area contributed by atoms with Crippen LogP contribution in [0.1, 0.15) is 44.2 Å². The highest BCUT2D eigenvalue weighted by Crippen LogP contribution is 2.34. The van der Waals surface area contributed by atoms with Crippen LogP contribution in [0.15, 0.2) is 6.20 Å². The number of nitrogens with zero attached hydrogens (tertiary/aromatic N) is 3. The van der Waals surface area contributed by atoms with E-state index in [2.05, 4.69) is 10.4 Å². The highest BCUT2D eigenvalue weighted by Gasteiger charge is 2.30. The minimum absolute atomic E-state index is 0.221. The van der Waals surface area contributed by atoms with Crippen molar-refractivity contribution in [3.8, 4) is 11.8 Å². The summed E-state index contributed by atoms with van der Waals surface area (Å²) in [5.74, 6) is -8.18. The predicted molar refractivity (Wildman–Crippen MR) is 81.1 cm³/mol. The summed E-state index contributed by atoms with van der Waals surface area (Å²) in [6.07, 6.45) is 1.19. The molecule has 1 unspecified atom stereocenters. The number of nitrogens with one attached hydrogen (secondary N) is 1. The molecule has 25 heavy (non-hydrogen) atoms. The predicted octanol–water partition coefficient (Wildman–Crippen LogP) is 3.77. The minimum Gasteiger partial charge on any atom is -0.310 e. The number of halogens is 4. The van der Waals surface area contributed by atoms with Crippen molar-refractivity contribution >= 4 is 11.7 Å². The molecule has 5 nitrogen and oxygen atoms in total. The van der Waals surface area contributed by atoms with Crippen LogP contribution in [0.4, 0.5) is 23.4 Å². The Morgan fingerprint density at radius 1 is 1.28 bits per heavy atom. The van der Waals surface area contributed by atoms with Crippen LogP contribution in [0.25, 0.3) is 5.69 Å². The number of amides is 1. The summed E-state index contributed by atoms with van der Waals surface area (Å²) >= 11 is 0. The van der Waals surface area contributed by atoms with Gasteiger partial charge < -0.3 is 5.32 Å². The first kappa shape index (κ1) is 18.4. The van der Waals surface area contributed by atoms with Gasteiger partial charge >= 0.3 is 0 Å². The second-order valence-corrected chi connectivity index (χ2v) is 5.44. The summed E-state index contributed by atoms with van der Waals surface area (Å²) in [6.45, 7) is 4.15. The standard InChI is InChI=1S/C16H14F4N4O/c1-4-7(2)10-11(17)13(19)15(14(20)12(10)18)24-16(23-8(3)25)9(5-21)6-22-24/h6-7H,4H2,1-3H3,(H,23,25). The monoisotopic (exact) mass is 354 g/mol. The number of nitriles is 1. The summed E-state index contributed by atoms with van der Waals surface area (Å²) in [4.78, 5) is 11.3. The molecule has 1 atom stereocenters. The van der Waals surface area contributed by atoms with Crippen LogP contribution in [-0.4, -0.2) is 15.7 Å². The molecule has 0 saturated carbocycles. The lowest BCUT2D eigenvalue weighted by atomic mass is 9.96. The van der Waals surface area contributed by atoms with Crippen LogP contribution in [0.5, 0.6) is 0 Å². The maximum Gasteiger partial charge on any atom is 0.222 e. The average molecular weight is 354 g/mol. The third-order valence-electron chi connectivity index (χ3n) is 3.78. The summed E-state index contributed by atoms with van der Waals surface area (Å²) in [6, 6.07) is 1.67. The van der Waals surface area contributed by atoms with Crippen molar-refractivity contribution in [2.45, 2.75) is 33.1 Å². The Labute approximate surface area is 140 Å². The van der Waals surface area contributed by atoms with Crippen LogP contribution in [0.3, 0.4) is 0 Å². The van der Waals surface area contributed by atoms with Crippen molar-refractivity contribution in [1.29, 1.82) is 5.26 Å². The Bertz CT molecular complexity index is 856. The number of hydrogen-bond donors (Lipinski definition) is 1. The fraction of sp³-hybridized carbons (Fsp3) is 0.312. The maximum absolute atomic E-state index is 14.5. The van der Waals surface area contributed by atoms with E-state index in [1.54, 1.807) is 13.0 Å². The summed E-state index contributed by atoms with van der Waals surface area (Å²) < 4.78 is 58.1. The molecule has 0 bridgehead atoms. The number of carbonyl (C=O) groups is 1. The Kier molecular flexibility index (Phi) is 5.11. The van der Waals surface area contributed by atoms with E-state index in [1.165, 1.54) is 6.92 Å². The summed E-state index contributed by atoms with van der Waals surface area (Å²) in [5.41, 5.74) is -2.07. The van der Waals surface area contributed by atoms with Gasteiger partial charge in [-0.3, -0.25) is 4.79 Å². The fourth-order valence-electron chi connectivity index (χ4n) is 2.35. The van der Waals surface area contributed by atoms with E-state index >= 15 is 0 Å². The van der Waals surface area contributed by atoms with Gasteiger partial charge in [-0.1, -0.05) is 13.8 Å². The molecule has 0 radical (unpaired) electrons. The molecule has 1 amide bonds. The normalized spacial score (nSPS) is 11.9. The highest BCUT2D eigenvalue weighted by atomic mass is 19.2. The van der Waals surface area contributed by atoms with Gasteiger partial charge in [-0.05, 0) is 12.3 Å². The number of carbonyl (C=O) groups excluding carboxylic acids is 1. The minimum atomic E-state index is -1.66. The molecule has 0 fully saturated rings. The third kappa shape index (κ3) is 3.07. The Balaban J connectivity index is 2.80. The van der Waals surface area contributed by atoms with Crippen molar-refractivity contribution in [1.82, 2.24) is 9.78 Å². The Morgan fingerprint density at radius 3 is 2.28 bits per heavy atom. The average Bonchev–Trinajstić information content (AvgIpc) is 2.95. The molecular formula is C16H14F4N4O. The van der Waals surface area contributed by atoms with Crippen molar-refractivity contribution in [2.24, 2.45) is 0 Å². The van der Waals surface area contributed by atoms with Gasteiger partial charge in [0.15, 0.2) is 29.1 Å².